The van der Waals surface area contributed by atoms with Crippen molar-refractivity contribution in [1.82, 2.24) is 5.32 Å². The molecule has 1 fully saturated rings. The zero-order valence-corrected chi connectivity index (χ0v) is 10.7. The molecule has 0 aromatic rings. The van der Waals surface area contributed by atoms with Crippen LogP contribution >= 0.6 is 0 Å². The number of hydrogen-bond donors (Lipinski definition) is 2. The molecule has 0 spiro atoms. The van der Waals surface area contributed by atoms with Crippen LogP contribution in [0.4, 0.5) is 4.79 Å². The van der Waals surface area contributed by atoms with Crippen molar-refractivity contribution in [2.45, 2.75) is 45.1 Å². The van der Waals surface area contributed by atoms with Crippen LogP contribution in [0.15, 0.2) is 0 Å². The van der Waals surface area contributed by atoms with Crippen LogP contribution in [0, 0.1) is 0 Å². The highest BCUT2D eigenvalue weighted by Crippen LogP contribution is 2.10. The Hall–Kier alpha value is -0.850. The number of rotatable bonds is 3. The van der Waals surface area contributed by atoms with Crippen LogP contribution in [-0.4, -0.2) is 43.8 Å². The lowest BCUT2D eigenvalue weighted by molar-refractivity contribution is -0.190. The van der Waals surface area contributed by atoms with E-state index in [1.54, 1.807) is 0 Å². The van der Waals surface area contributed by atoms with E-state index in [2.05, 4.69) is 5.32 Å². The molecule has 3 N–H and O–H groups in total. The lowest BCUT2D eigenvalue weighted by atomic mass is 10.2. The summed E-state index contributed by atoms with van der Waals surface area (Å²) in [6.45, 7) is 6.82. The highest BCUT2D eigenvalue weighted by molar-refractivity contribution is 5.68. The fraction of sp³-hybridized carbons (Fsp3) is 0.909. The Labute approximate surface area is 102 Å². The van der Waals surface area contributed by atoms with Gasteiger partial charge in [-0.15, -0.1) is 0 Å². The Morgan fingerprint density at radius 1 is 1.41 bits per heavy atom. The summed E-state index contributed by atoms with van der Waals surface area (Å²) < 4.78 is 15.9. The molecule has 1 amide bonds. The van der Waals surface area contributed by atoms with Crippen LogP contribution in [0.5, 0.6) is 0 Å². The van der Waals surface area contributed by atoms with Crippen LogP contribution in [-0.2, 0) is 14.2 Å². The molecule has 1 rings (SSSR count). The van der Waals surface area contributed by atoms with Gasteiger partial charge in [0.1, 0.15) is 5.60 Å². The van der Waals surface area contributed by atoms with E-state index in [0.29, 0.717) is 26.2 Å². The first-order chi connectivity index (χ1) is 7.90. The zero-order chi connectivity index (χ0) is 12.9. The number of nitrogens with one attached hydrogen (secondary N) is 1. The quantitative estimate of drug-likeness (QED) is 0.762. The second-order valence-corrected chi connectivity index (χ2v) is 5.02. The topological polar surface area (TPSA) is 82.8 Å². The van der Waals surface area contributed by atoms with Gasteiger partial charge in [0, 0.05) is 6.42 Å². The highest BCUT2D eigenvalue weighted by Gasteiger charge is 2.25. The average Bonchev–Trinajstić information content (AvgIpc) is 2.18. The smallest absolute Gasteiger partial charge is 0.408 e. The van der Waals surface area contributed by atoms with Crippen LogP contribution in [0.2, 0.25) is 0 Å². The van der Waals surface area contributed by atoms with Crippen LogP contribution in [0.3, 0.4) is 0 Å². The molecule has 0 aromatic heterocycles. The van der Waals surface area contributed by atoms with Crippen LogP contribution in [0.25, 0.3) is 0 Å². The SMILES string of the molecule is CC(C)(C)OC(=O)NC1COC(CCN)OC1. The largest absolute Gasteiger partial charge is 0.444 e. The predicted molar refractivity (Wildman–Crippen MR) is 62.5 cm³/mol. The number of alkyl carbamates (subject to hydrolysis) is 1. The van der Waals surface area contributed by atoms with Crippen molar-refractivity contribution in [1.29, 1.82) is 0 Å². The maximum Gasteiger partial charge on any atom is 0.408 e. The van der Waals surface area contributed by atoms with Crippen molar-refractivity contribution in [3.05, 3.63) is 0 Å². The molecule has 1 aliphatic rings. The third-order valence-corrected chi connectivity index (χ3v) is 2.09. The number of amides is 1. The van der Waals surface area contributed by atoms with Gasteiger partial charge in [0.05, 0.1) is 19.3 Å². The number of ether oxygens (including phenoxy) is 3. The Morgan fingerprint density at radius 3 is 2.47 bits per heavy atom. The Morgan fingerprint density at radius 2 is 2.00 bits per heavy atom. The van der Waals surface area contributed by atoms with Gasteiger partial charge in [-0.3, -0.25) is 0 Å². The van der Waals surface area contributed by atoms with Crippen LogP contribution < -0.4 is 11.1 Å². The molecule has 0 radical (unpaired) electrons. The molecule has 1 aliphatic heterocycles. The Balaban J connectivity index is 2.24. The molecule has 17 heavy (non-hydrogen) atoms. The summed E-state index contributed by atoms with van der Waals surface area (Å²) in [6.07, 6.45) is -0.0391. The van der Waals surface area contributed by atoms with E-state index in [1.807, 2.05) is 20.8 Å². The lowest BCUT2D eigenvalue weighted by Gasteiger charge is -2.30. The van der Waals surface area contributed by atoms with Gasteiger partial charge in [-0.2, -0.15) is 0 Å². The standard InChI is InChI=1S/C11H22N2O4/c1-11(2,3)17-10(14)13-8-6-15-9(4-5-12)16-7-8/h8-9H,4-7,12H2,1-3H3,(H,13,14). The molecule has 0 atom stereocenters. The third kappa shape index (κ3) is 5.86. The molecule has 1 saturated heterocycles. The first-order valence-corrected chi connectivity index (χ1v) is 5.83. The van der Waals surface area contributed by atoms with E-state index in [1.165, 1.54) is 0 Å². The van der Waals surface area contributed by atoms with E-state index < -0.39 is 11.7 Å². The van der Waals surface area contributed by atoms with Crippen molar-refractivity contribution in [2.24, 2.45) is 5.73 Å². The molecule has 6 heteroatoms. The summed E-state index contributed by atoms with van der Waals surface area (Å²) in [5.41, 5.74) is 4.90. The summed E-state index contributed by atoms with van der Waals surface area (Å²) >= 11 is 0. The second-order valence-electron chi connectivity index (χ2n) is 5.02. The molecule has 6 nitrogen and oxygen atoms in total. The van der Waals surface area contributed by atoms with Crippen molar-refractivity contribution in [3.63, 3.8) is 0 Å². The van der Waals surface area contributed by atoms with Crippen molar-refractivity contribution in [3.8, 4) is 0 Å². The Kier molecular flexibility index (Phi) is 5.17. The van der Waals surface area contributed by atoms with Gasteiger partial charge in [0.2, 0.25) is 0 Å². The molecule has 0 unspecified atom stereocenters. The highest BCUT2D eigenvalue weighted by atomic mass is 16.7. The number of carbonyl (C=O) groups is 1. The normalized spacial score (nSPS) is 25.4. The maximum atomic E-state index is 11.5. The van der Waals surface area contributed by atoms with E-state index in [4.69, 9.17) is 19.9 Å². The second kappa shape index (κ2) is 6.18. The minimum absolute atomic E-state index is 0.168. The summed E-state index contributed by atoms with van der Waals surface area (Å²) in [6, 6.07) is -0.168. The molecule has 0 aliphatic carbocycles. The lowest BCUT2D eigenvalue weighted by Crippen LogP contribution is -2.48. The van der Waals surface area contributed by atoms with Gasteiger partial charge >= 0.3 is 6.09 Å². The molecule has 0 aromatic carbocycles. The fourth-order valence-corrected chi connectivity index (χ4v) is 1.40. The van der Waals surface area contributed by atoms with Crippen molar-refractivity contribution < 1.29 is 19.0 Å². The first-order valence-electron chi connectivity index (χ1n) is 5.83. The molecule has 0 bridgehead atoms. The summed E-state index contributed by atoms with van der Waals surface area (Å²) in [5.74, 6) is 0. The zero-order valence-electron chi connectivity index (χ0n) is 10.7. The number of carbonyl (C=O) groups excluding carboxylic acids is 1. The number of hydrogen-bond acceptors (Lipinski definition) is 5. The van der Waals surface area contributed by atoms with E-state index in [0.717, 1.165) is 0 Å². The molecule has 0 saturated carbocycles. The van der Waals surface area contributed by atoms with E-state index >= 15 is 0 Å². The molecular weight excluding hydrogens is 224 g/mol. The van der Waals surface area contributed by atoms with Crippen LogP contribution in [0.1, 0.15) is 27.2 Å². The first kappa shape index (κ1) is 14.2. The van der Waals surface area contributed by atoms with E-state index in [-0.39, 0.29) is 12.3 Å². The minimum Gasteiger partial charge on any atom is -0.444 e. The summed E-state index contributed by atoms with van der Waals surface area (Å²) in [5, 5.41) is 2.70. The van der Waals surface area contributed by atoms with Gasteiger partial charge < -0.3 is 25.3 Å². The van der Waals surface area contributed by atoms with Gasteiger partial charge in [0.25, 0.3) is 0 Å². The monoisotopic (exact) mass is 246 g/mol. The van der Waals surface area contributed by atoms with Crippen molar-refractivity contribution in [2.75, 3.05) is 19.8 Å². The predicted octanol–water partition coefficient (Wildman–Crippen LogP) is 0.601. The van der Waals surface area contributed by atoms with Gasteiger partial charge in [0.15, 0.2) is 6.29 Å². The summed E-state index contributed by atoms with van der Waals surface area (Å²) in [4.78, 5) is 11.5. The fourth-order valence-electron chi connectivity index (χ4n) is 1.40. The molecular formula is C11H22N2O4. The van der Waals surface area contributed by atoms with E-state index in [9.17, 15) is 4.79 Å². The molecule has 100 valence electrons. The average molecular weight is 246 g/mol. The Bertz CT molecular complexity index is 244. The molecule has 1 heterocycles. The summed E-state index contributed by atoms with van der Waals surface area (Å²) in [7, 11) is 0. The maximum absolute atomic E-state index is 11.5. The van der Waals surface area contributed by atoms with Gasteiger partial charge in [-0.1, -0.05) is 0 Å². The van der Waals surface area contributed by atoms with Crippen molar-refractivity contribution >= 4 is 6.09 Å². The van der Waals surface area contributed by atoms with Gasteiger partial charge in [-0.25, -0.2) is 4.79 Å². The minimum atomic E-state index is -0.497. The third-order valence-electron chi connectivity index (χ3n) is 2.09. The van der Waals surface area contributed by atoms with Gasteiger partial charge in [-0.05, 0) is 27.3 Å². The number of nitrogens with two attached hydrogens (primary N) is 1.